The summed E-state index contributed by atoms with van der Waals surface area (Å²) in [6.45, 7) is 25.6. The standard InChI is InChI=1S/C53H90BrNO11Si/c1-16-20-40-26-35(8)25-36(9)27-45(62-14)48-46(63-15)28-38(11)53(60,65-48)49(57)50(58)55-24-18-17-22-42(55)51(59)64-47(37(10)30-52(54)23-19-21-41(31-52)61-13)39(12)44(29-43(40)56)66-67(32(2)3,33(4)5)34(6)7/h26,30,32-34,36,38-42,44-48,60H,16-25,27-29,31H2,1-15H3/b35-26+,37-30?. The number of ether oxygens (including phenoxy) is 5. The SMILES string of the molecule is CCCC1/C=C(\C)CC(C)CC(OC)C2OC(O)(C(=O)C(=O)N3CCCCC3C(=O)OC(C(C)=CC3(Br)CCCC(OC)C3)C(C)C(O[Si](C(C)C)(C(C)C)C(C)C)CC1=O)C(C)CC2OC. The zero-order valence-corrected chi connectivity index (χ0v) is 46.6. The Morgan fingerprint density at radius 3 is 2.12 bits per heavy atom. The third-order valence-electron chi connectivity index (χ3n) is 16.0. The lowest BCUT2D eigenvalue weighted by atomic mass is 9.82. The number of ketones is 2. The van der Waals surface area contributed by atoms with Gasteiger partial charge in [0.05, 0.1) is 24.4 Å². The smallest absolute Gasteiger partial charge is 0.329 e. The average Bonchev–Trinajstić information content (AvgIpc) is 3.27. The monoisotopic (exact) mass is 1020 g/mol. The Morgan fingerprint density at radius 2 is 1.54 bits per heavy atom. The van der Waals surface area contributed by atoms with Crippen LogP contribution >= 0.6 is 15.9 Å². The third-order valence-corrected chi connectivity index (χ3v) is 23.1. The summed E-state index contributed by atoms with van der Waals surface area (Å²) in [6, 6.07) is -1.09. The summed E-state index contributed by atoms with van der Waals surface area (Å²) in [7, 11) is 2.24. The number of piperidine rings is 1. The quantitative estimate of drug-likeness (QED) is 0.0655. The summed E-state index contributed by atoms with van der Waals surface area (Å²) in [5.41, 5.74) is 2.56. The summed E-state index contributed by atoms with van der Waals surface area (Å²) in [5.74, 6) is -6.73. The molecule has 3 heterocycles. The van der Waals surface area contributed by atoms with Crippen molar-refractivity contribution >= 4 is 47.7 Å². The van der Waals surface area contributed by atoms with Gasteiger partial charge in [-0.25, -0.2) is 4.79 Å². The molecule has 12 nitrogen and oxygen atoms in total. The Balaban J connectivity index is 1.96. The van der Waals surface area contributed by atoms with E-state index in [1.807, 2.05) is 13.8 Å². The fourth-order valence-corrected chi connectivity index (χ4v) is 19.1. The second-order valence-corrected chi connectivity index (χ2v) is 29.0. The number of cyclic esters (lactones) is 1. The van der Waals surface area contributed by atoms with E-state index in [9.17, 15) is 14.7 Å². The minimum Gasteiger partial charge on any atom is -0.456 e. The van der Waals surface area contributed by atoms with Crippen LogP contribution in [0.15, 0.2) is 23.3 Å². The second kappa shape index (κ2) is 25.1. The minimum absolute atomic E-state index is 0.0539. The van der Waals surface area contributed by atoms with E-state index in [1.165, 1.54) is 4.90 Å². The third kappa shape index (κ3) is 13.6. The number of carbonyl (C=O) groups is 4. The van der Waals surface area contributed by atoms with Crippen molar-refractivity contribution in [2.24, 2.45) is 23.7 Å². The molecule has 4 aliphatic rings. The molecule has 1 aliphatic carbocycles. The van der Waals surface area contributed by atoms with Crippen molar-refractivity contribution in [2.75, 3.05) is 27.9 Å². The average molecular weight is 1030 g/mol. The molecule has 13 unspecified atom stereocenters. The zero-order valence-electron chi connectivity index (χ0n) is 44.0. The number of alkyl halides is 1. The van der Waals surface area contributed by atoms with E-state index in [0.717, 1.165) is 43.3 Å². The summed E-state index contributed by atoms with van der Waals surface area (Å²) >= 11 is 4.09. The van der Waals surface area contributed by atoms with Crippen LogP contribution in [0.4, 0.5) is 0 Å². The van der Waals surface area contributed by atoms with E-state index in [2.05, 4.69) is 90.4 Å². The summed E-state index contributed by atoms with van der Waals surface area (Å²) in [5, 5.41) is 12.3. The summed E-state index contributed by atoms with van der Waals surface area (Å²) in [4.78, 5) is 60.6. The molecule has 2 bridgehead atoms. The Hall–Kier alpha value is -1.78. The lowest BCUT2D eigenvalue weighted by Gasteiger charge is -2.47. The van der Waals surface area contributed by atoms with Gasteiger partial charge in [-0.2, -0.15) is 0 Å². The fourth-order valence-electron chi connectivity index (χ4n) is 12.4. The highest BCUT2D eigenvalue weighted by molar-refractivity contribution is 9.10. The number of halogens is 1. The van der Waals surface area contributed by atoms with Gasteiger partial charge in [0.2, 0.25) is 14.1 Å². The molecule has 3 fully saturated rings. The van der Waals surface area contributed by atoms with Crippen LogP contribution in [0, 0.1) is 23.7 Å². The van der Waals surface area contributed by atoms with E-state index in [-0.39, 0.29) is 66.2 Å². The topological polar surface area (TPSA) is 147 Å². The number of amides is 1. The normalized spacial score (nSPS) is 37.3. The molecule has 4 rings (SSSR count). The van der Waals surface area contributed by atoms with Gasteiger partial charge in [0.1, 0.15) is 24.0 Å². The molecular weight excluding hydrogens is 935 g/mol. The van der Waals surface area contributed by atoms with Crippen LogP contribution in [0.25, 0.3) is 0 Å². The van der Waals surface area contributed by atoms with Gasteiger partial charge in [-0.1, -0.05) is 109 Å². The number of esters is 1. The number of allylic oxidation sites excluding steroid dienone is 3. The van der Waals surface area contributed by atoms with E-state index in [0.29, 0.717) is 32.1 Å². The number of carbonyl (C=O) groups excluding carboxylic acids is 4. The van der Waals surface area contributed by atoms with Crippen LogP contribution in [0.2, 0.25) is 16.6 Å². The maximum Gasteiger partial charge on any atom is 0.329 e. The predicted molar refractivity (Wildman–Crippen MR) is 269 cm³/mol. The number of fused-ring (bicyclic) bond motifs is 3. The molecular formula is C53H90BrNO11Si. The van der Waals surface area contributed by atoms with Gasteiger partial charge in [-0.15, -0.1) is 0 Å². The van der Waals surface area contributed by atoms with E-state index >= 15 is 9.59 Å². The van der Waals surface area contributed by atoms with Crippen molar-refractivity contribution in [3.05, 3.63) is 23.3 Å². The number of Topliss-reactive ketones (excluding diaryl/α,β-unsaturated/α-hetero) is 2. The first-order valence-electron chi connectivity index (χ1n) is 25.7. The molecule has 384 valence electrons. The van der Waals surface area contributed by atoms with Gasteiger partial charge in [0.15, 0.2) is 0 Å². The number of rotatable bonds is 12. The molecule has 1 N–H and O–H groups in total. The Kier molecular flexibility index (Phi) is 21.6. The van der Waals surface area contributed by atoms with Crippen molar-refractivity contribution < 1.29 is 52.4 Å². The van der Waals surface area contributed by atoms with Crippen LogP contribution in [0.1, 0.15) is 167 Å². The van der Waals surface area contributed by atoms with Gasteiger partial charge in [-0.05, 0) is 113 Å². The molecule has 0 aromatic carbocycles. The van der Waals surface area contributed by atoms with Crippen molar-refractivity contribution in [3.8, 4) is 0 Å². The predicted octanol–water partition coefficient (Wildman–Crippen LogP) is 10.6. The molecule has 3 aliphatic heterocycles. The second-order valence-electron chi connectivity index (χ2n) is 22.0. The van der Waals surface area contributed by atoms with Gasteiger partial charge in [0.25, 0.3) is 11.7 Å². The minimum atomic E-state index is -2.64. The molecule has 2 saturated heterocycles. The van der Waals surface area contributed by atoms with Crippen LogP contribution in [-0.4, -0.2) is 122 Å². The molecule has 1 amide bonds. The fraction of sp³-hybridized carbons (Fsp3) is 0.849. The van der Waals surface area contributed by atoms with Gasteiger partial charge < -0.3 is 38.1 Å². The molecule has 0 radical (unpaired) electrons. The van der Waals surface area contributed by atoms with Gasteiger partial charge in [0, 0.05) is 56.4 Å². The number of aliphatic hydroxyl groups is 1. The first kappa shape index (κ1) is 57.8. The van der Waals surface area contributed by atoms with E-state index in [4.69, 9.17) is 28.1 Å². The van der Waals surface area contributed by atoms with Crippen LogP contribution in [-0.2, 0) is 47.3 Å². The van der Waals surface area contributed by atoms with Crippen molar-refractivity contribution in [1.82, 2.24) is 4.90 Å². The molecule has 14 heteroatoms. The molecule has 0 spiro atoms. The number of hydrogen-bond acceptors (Lipinski definition) is 11. The maximum atomic E-state index is 15.1. The molecule has 67 heavy (non-hydrogen) atoms. The van der Waals surface area contributed by atoms with Gasteiger partial charge >= 0.3 is 5.97 Å². The first-order chi connectivity index (χ1) is 31.4. The Morgan fingerprint density at radius 1 is 0.910 bits per heavy atom. The Bertz CT molecular complexity index is 1710. The lowest BCUT2D eigenvalue weighted by molar-refractivity contribution is -0.302. The highest BCUT2D eigenvalue weighted by Crippen LogP contribution is 2.46. The lowest BCUT2D eigenvalue weighted by Crippen LogP contribution is -2.64. The first-order valence-corrected chi connectivity index (χ1v) is 28.7. The number of hydrogen-bond donors (Lipinski definition) is 1. The zero-order chi connectivity index (χ0) is 50.2. The van der Waals surface area contributed by atoms with Crippen molar-refractivity contribution in [2.45, 2.75) is 236 Å². The molecule has 0 aromatic heterocycles. The van der Waals surface area contributed by atoms with Crippen LogP contribution in [0.3, 0.4) is 0 Å². The highest BCUT2D eigenvalue weighted by Gasteiger charge is 2.57. The van der Waals surface area contributed by atoms with Crippen molar-refractivity contribution in [3.63, 3.8) is 0 Å². The maximum absolute atomic E-state index is 15.1. The number of methoxy groups -OCH3 is 3. The highest BCUT2D eigenvalue weighted by atomic mass is 79.9. The van der Waals surface area contributed by atoms with Crippen LogP contribution < -0.4 is 0 Å². The molecule has 0 aromatic rings. The van der Waals surface area contributed by atoms with E-state index in [1.54, 1.807) is 28.3 Å². The molecule has 1 saturated carbocycles. The van der Waals surface area contributed by atoms with E-state index < -0.39 is 84.5 Å². The van der Waals surface area contributed by atoms with Crippen molar-refractivity contribution in [1.29, 1.82) is 0 Å². The Labute approximate surface area is 414 Å². The molecule has 13 atom stereocenters. The van der Waals surface area contributed by atoms with Gasteiger partial charge in [-0.3, -0.25) is 14.4 Å². The van der Waals surface area contributed by atoms with Crippen LogP contribution in [0.5, 0.6) is 0 Å². The number of nitrogens with zero attached hydrogens (tertiary/aromatic N) is 1. The summed E-state index contributed by atoms with van der Waals surface area (Å²) in [6.07, 6.45) is 8.92. The summed E-state index contributed by atoms with van der Waals surface area (Å²) < 4.78 is 38.2. The largest absolute Gasteiger partial charge is 0.456 e.